The SMILES string of the molecule is Cl.O=C(NC1CCN(Cc2ccccc2OC(F)F)CC1)N1CCc2cc(F)ccc21. The second kappa shape index (κ2) is 10.2. The Hall–Kier alpha value is -2.45. The Labute approximate surface area is 185 Å². The third-order valence-electron chi connectivity index (χ3n) is 5.68. The van der Waals surface area contributed by atoms with E-state index in [2.05, 4.69) is 15.0 Å². The number of nitrogens with one attached hydrogen (secondary N) is 1. The number of hydrogen-bond acceptors (Lipinski definition) is 3. The molecule has 0 bridgehead atoms. The van der Waals surface area contributed by atoms with Crippen molar-refractivity contribution in [3.05, 3.63) is 59.4 Å². The summed E-state index contributed by atoms with van der Waals surface area (Å²) in [6.07, 6.45) is 2.19. The smallest absolute Gasteiger partial charge is 0.387 e. The van der Waals surface area contributed by atoms with E-state index >= 15 is 0 Å². The zero-order valence-corrected chi connectivity index (χ0v) is 17.7. The predicted molar refractivity (Wildman–Crippen MR) is 115 cm³/mol. The van der Waals surface area contributed by atoms with Crippen LogP contribution >= 0.6 is 12.4 Å². The molecule has 2 aliphatic rings. The van der Waals surface area contributed by atoms with Gasteiger partial charge < -0.3 is 10.1 Å². The van der Waals surface area contributed by atoms with Crippen LogP contribution in [0.3, 0.4) is 0 Å². The number of carbonyl (C=O) groups excluding carboxylic acids is 1. The van der Waals surface area contributed by atoms with Gasteiger partial charge in [-0.2, -0.15) is 8.78 Å². The molecule has 0 saturated carbocycles. The Bertz CT molecular complexity index is 907. The molecule has 1 N–H and O–H groups in total. The highest BCUT2D eigenvalue weighted by molar-refractivity contribution is 5.94. The average molecular weight is 456 g/mol. The lowest BCUT2D eigenvalue weighted by Gasteiger charge is -2.33. The number of fused-ring (bicyclic) bond motifs is 1. The number of piperidine rings is 1. The Morgan fingerprint density at radius 1 is 1.13 bits per heavy atom. The monoisotopic (exact) mass is 455 g/mol. The number of rotatable bonds is 5. The Morgan fingerprint density at radius 2 is 1.87 bits per heavy atom. The molecule has 2 aliphatic heterocycles. The van der Waals surface area contributed by atoms with E-state index in [0.29, 0.717) is 19.5 Å². The molecule has 0 unspecified atom stereocenters. The largest absolute Gasteiger partial charge is 0.434 e. The van der Waals surface area contributed by atoms with E-state index in [1.165, 1.54) is 12.1 Å². The normalized spacial score (nSPS) is 16.7. The standard InChI is InChI=1S/C22H24F3N3O2.ClH/c23-17-5-6-19-15(13-17)7-12-28(19)22(29)26-18-8-10-27(11-9-18)14-16-3-1-2-4-20(16)30-21(24)25;/h1-6,13,18,21H,7-12,14H2,(H,26,29);1H. The molecule has 1 fully saturated rings. The van der Waals surface area contributed by atoms with E-state index in [1.807, 2.05) is 0 Å². The van der Waals surface area contributed by atoms with E-state index < -0.39 is 6.61 Å². The topological polar surface area (TPSA) is 44.8 Å². The van der Waals surface area contributed by atoms with Crippen LogP contribution in [0.4, 0.5) is 23.7 Å². The predicted octanol–water partition coefficient (Wildman–Crippen LogP) is 4.59. The van der Waals surface area contributed by atoms with Crippen LogP contribution in [0.2, 0.25) is 0 Å². The van der Waals surface area contributed by atoms with Gasteiger partial charge >= 0.3 is 12.6 Å². The molecule has 2 aromatic rings. The number of amides is 2. The lowest BCUT2D eigenvalue weighted by Crippen LogP contribution is -2.48. The highest BCUT2D eigenvalue weighted by Crippen LogP contribution is 2.29. The number of urea groups is 1. The van der Waals surface area contributed by atoms with Gasteiger partial charge in [-0.25, -0.2) is 9.18 Å². The van der Waals surface area contributed by atoms with Crippen LogP contribution in [0.25, 0.3) is 0 Å². The van der Waals surface area contributed by atoms with Crippen molar-refractivity contribution >= 4 is 24.1 Å². The van der Waals surface area contributed by atoms with Crippen molar-refractivity contribution in [2.75, 3.05) is 24.5 Å². The third kappa shape index (κ3) is 5.62. The molecule has 4 rings (SSSR count). The number of benzene rings is 2. The van der Waals surface area contributed by atoms with Crippen LogP contribution < -0.4 is 15.0 Å². The van der Waals surface area contributed by atoms with Crippen LogP contribution in [0.15, 0.2) is 42.5 Å². The number of carbonyl (C=O) groups is 1. The summed E-state index contributed by atoms with van der Waals surface area (Å²) in [6, 6.07) is 11.2. The molecule has 2 aromatic carbocycles. The molecule has 2 heterocycles. The molecular formula is C22H25ClF3N3O2. The zero-order chi connectivity index (χ0) is 21.1. The zero-order valence-electron chi connectivity index (χ0n) is 16.9. The van der Waals surface area contributed by atoms with Crippen LogP contribution in [0, 0.1) is 5.82 Å². The van der Waals surface area contributed by atoms with E-state index in [1.54, 1.807) is 35.2 Å². The fraction of sp³-hybridized carbons (Fsp3) is 0.409. The molecular weight excluding hydrogens is 431 g/mol. The summed E-state index contributed by atoms with van der Waals surface area (Å²) in [6.45, 7) is -0.288. The third-order valence-corrected chi connectivity index (χ3v) is 5.68. The summed E-state index contributed by atoms with van der Waals surface area (Å²) in [5.74, 6) is -0.0871. The summed E-state index contributed by atoms with van der Waals surface area (Å²) in [5, 5.41) is 3.08. The number of halogens is 4. The average Bonchev–Trinajstić information content (AvgIpc) is 3.13. The maximum Gasteiger partial charge on any atom is 0.387 e. The van der Waals surface area contributed by atoms with Gasteiger partial charge in [0, 0.05) is 43.5 Å². The summed E-state index contributed by atoms with van der Waals surface area (Å²) in [5.41, 5.74) is 2.34. The minimum atomic E-state index is -2.85. The van der Waals surface area contributed by atoms with Gasteiger partial charge in [0.25, 0.3) is 0 Å². The van der Waals surface area contributed by atoms with E-state index in [-0.39, 0.29) is 36.0 Å². The summed E-state index contributed by atoms with van der Waals surface area (Å²) in [4.78, 5) is 16.5. The highest BCUT2D eigenvalue weighted by Gasteiger charge is 2.28. The minimum absolute atomic E-state index is 0. The summed E-state index contributed by atoms with van der Waals surface area (Å²) in [7, 11) is 0. The van der Waals surface area contributed by atoms with Crippen molar-refractivity contribution in [1.82, 2.24) is 10.2 Å². The second-order valence-corrected chi connectivity index (χ2v) is 7.66. The summed E-state index contributed by atoms with van der Waals surface area (Å²) >= 11 is 0. The number of likely N-dealkylation sites (tertiary alicyclic amines) is 1. The van der Waals surface area contributed by atoms with Gasteiger partial charge in [0.1, 0.15) is 11.6 Å². The molecule has 1 saturated heterocycles. The Balaban J connectivity index is 0.00000272. The van der Waals surface area contributed by atoms with E-state index in [9.17, 15) is 18.0 Å². The number of anilines is 1. The van der Waals surface area contributed by atoms with E-state index in [0.717, 1.165) is 42.7 Å². The molecule has 5 nitrogen and oxygen atoms in total. The van der Waals surface area contributed by atoms with Gasteiger partial charge in [-0.3, -0.25) is 9.80 Å². The number of para-hydroxylation sites is 1. The first-order valence-corrected chi connectivity index (χ1v) is 10.1. The lowest BCUT2D eigenvalue weighted by molar-refractivity contribution is -0.0508. The van der Waals surface area contributed by atoms with Gasteiger partial charge in [0.05, 0.1) is 0 Å². The van der Waals surface area contributed by atoms with Gasteiger partial charge in [0.2, 0.25) is 0 Å². The molecule has 0 spiro atoms. The molecule has 0 aliphatic carbocycles. The fourth-order valence-electron chi connectivity index (χ4n) is 4.16. The maximum atomic E-state index is 13.4. The van der Waals surface area contributed by atoms with Crippen LogP contribution in [-0.2, 0) is 13.0 Å². The van der Waals surface area contributed by atoms with Crippen LogP contribution in [-0.4, -0.2) is 43.2 Å². The molecule has 168 valence electrons. The van der Waals surface area contributed by atoms with Gasteiger partial charge in [-0.15, -0.1) is 12.4 Å². The lowest BCUT2D eigenvalue weighted by atomic mass is 10.0. The second-order valence-electron chi connectivity index (χ2n) is 7.66. The van der Waals surface area contributed by atoms with Crippen molar-refractivity contribution in [3.8, 4) is 5.75 Å². The van der Waals surface area contributed by atoms with Gasteiger partial charge in [-0.1, -0.05) is 18.2 Å². The van der Waals surface area contributed by atoms with Crippen LogP contribution in [0.5, 0.6) is 5.75 Å². The first-order chi connectivity index (χ1) is 14.5. The molecule has 0 atom stereocenters. The molecule has 0 radical (unpaired) electrons. The first-order valence-electron chi connectivity index (χ1n) is 10.1. The van der Waals surface area contributed by atoms with Crippen molar-refractivity contribution in [2.24, 2.45) is 0 Å². The highest BCUT2D eigenvalue weighted by atomic mass is 35.5. The van der Waals surface area contributed by atoms with Crippen molar-refractivity contribution in [3.63, 3.8) is 0 Å². The van der Waals surface area contributed by atoms with Crippen LogP contribution in [0.1, 0.15) is 24.0 Å². The molecule has 31 heavy (non-hydrogen) atoms. The van der Waals surface area contributed by atoms with Crippen molar-refractivity contribution in [2.45, 2.75) is 38.5 Å². The number of ether oxygens (including phenoxy) is 1. The number of nitrogens with zero attached hydrogens (tertiary/aromatic N) is 2. The van der Waals surface area contributed by atoms with Crippen molar-refractivity contribution in [1.29, 1.82) is 0 Å². The van der Waals surface area contributed by atoms with Crippen molar-refractivity contribution < 1.29 is 22.7 Å². The maximum absolute atomic E-state index is 13.4. The molecule has 0 aromatic heterocycles. The summed E-state index contributed by atoms with van der Waals surface area (Å²) < 4.78 is 43.2. The minimum Gasteiger partial charge on any atom is -0.434 e. The molecule has 2 amide bonds. The molecule has 9 heteroatoms. The fourth-order valence-corrected chi connectivity index (χ4v) is 4.16. The quantitative estimate of drug-likeness (QED) is 0.717. The first kappa shape index (κ1) is 23.2. The van der Waals surface area contributed by atoms with Gasteiger partial charge in [0.15, 0.2) is 0 Å². The van der Waals surface area contributed by atoms with E-state index in [4.69, 9.17) is 0 Å². The Kier molecular flexibility index (Phi) is 7.67. The number of alkyl halides is 2. The Morgan fingerprint density at radius 3 is 2.61 bits per heavy atom. The number of hydrogen-bond donors (Lipinski definition) is 1. The van der Waals surface area contributed by atoms with Gasteiger partial charge in [-0.05, 0) is 49.1 Å².